The maximum absolute atomic E-state index is 12.9. The predicted molar refractivity (Wildman–Crippen MR) is 121 cm³/mol. The summed E-state index contributed by atoms with van der Waals surface area (Å²) in [4.78, 5) is 29.6. The van der Waals surface area contributed by atoms with Crippen LogP contribution in [0.4, 0.5) is 4.79 Å². The molecule has 0 radical (unpaired) electrons. The molecule has 186 valence electrons. The number of likely N-dealkylation sites (tertiary alicyclic amines) is 1. The van der Waals surface area contributed by atoms with Gasteiger partial charge in [0.1, 0.15) is 34.4 Å². The van der Waals surface area contributed by atoms with Crippen molar-refractivity contribution in [1.29, 1.82) is 0 Å². The molecule has 4 aliphatic rings. The van der Waals surface area contributed by atoms with Crippen LogP contribution in [0.1, 0.15) is 61.4 Å². The molecule has 1 aromatic rings. The maximum Gasteiger partial charge on any atom is 1.00 e. The molecule has 35 heavy (non-hydrogen) atoms. The topological polar surface area (TPSA) is 117 Å². The van der Waals surface area contributed by atoms with Gasteiger partial charge in [0.15, 0.2) is 0 Å². The van der Waals surface area contributed by atoms with Gasteiger partial charge in [0.2, 0.25) is 0 Å². The van der Waals surface area contributed by atoms with Gasteiger partial charge in [0, 0.05) is 31.5 Å². The van der Waals surface area contributed by atoms with Gasteiger partial charge in [-0.25, -0.2) is 9.78 Å². The molecule has 1 aromatic heterocycles. The minimum absolute atomic E-state index is 0. The molecular weight excluding hydrogens is 483 g/mol. The minimum atomic E-state index is -1.28. The zero-order chi connectivity index (χ0) is 24.3. The monoisotopic (exact) mass is 514 g/mol. The number of carboxylic acid groups (broad SMARTS) is 1. The van der Waals surface area contributed by atoms with E-state index in [2.05, 4.69) is 31.8 Å². The molecule has 0 unspecified atom stereocenters. The van der Waals surface area contributed by atoms with E-state index in [1.165, 1.54) is 5.57 Å². The number of ether oxygens (including phenoxy) is 4. The summed E-state index contributed by atoms with van der Waals surface area (Å²) in [6, 6.07) is 0. The third-order valence-electron chi connectivity index (χ3n) is 7.74. The van der Waals surface area contributed by atoms with E-state index in [0.717, 1.165) is 24.2 Å². The van der Waals surface area contributed by atoms with Crippen LogP contribution in [0.5, 0.6) is 0 Å². The Morgan fingerprint density at radius 2 is 2.09 bits per heavy atom. The molecule has 1 saturated carbocycles. The van der Waals surface area contributed by atoms with Crippen molar-refractivity contribution in [1.82, 2.24) is 9.88 Å². The fraction of sp³-hybridized carbons (Fsp3) is 0.708. The molecule has 3 aliphatic heterocycles. The Hall–Kier alpha value is -1.01. The Kier molecular flexibility index (Phi) is 7.76. The zero-order valence-electron chi connectivity index (χ0n) is 20.9. The molecule has 1 spiro atoms. The number of epoxide rings is 2. The summed E-state index contributed by atoms with van der Waals surface area (Å²) < 4.78 is 24.1. The van der Waals surface area contributed by atoms with Crippen LogP contribution in [0.3, 0.4) is 0 Å². The van der Waals surface area contributed by atoms with Crippen LogP contribution in [-0.2, 0) is 18.9 Å². The van der Waals surface area contributed by atoms with E-state index in [9.17, 15) is 14.7 Å². The second-order valence-electron chi connectivity index (χ2n) is 10.3. The van der Waals surface area contributed by atoms with Gasteiger partial charge in [-0.15, -0.1) is 11.3 Å². The van der Waals surface area contributed by atoms with Crippen molar-refractivity contribution in [3.05, 3.63) is 27.7 Å². The first-order valence-corrected chi connectivity index (χ1v) is 12.6. The van der Waals surface area contributed by atoms with Crippen molar-refractivity contribution < 1.29 is 63.2 Å². The number of methoxy groups -OCH3 is 1. The molecule has 9 nitrogen and oxygen atoms in total. The molecule has 11 heteroatoms. The molecule has 1 aliphatic carbocycles. The van der Waals surface area contributed by atoms with Gasteiger partial charge in [0.05, 0.1) is 24.3 Å². The molecule has 0 aromatic carbocycles. The SMILES string of the molecule is CO[C@@H]1[C@H](OC(=O)N2CC(c3csc(C(=O)[O-])n3)C2)CC[C@]2(CO2)[C@H]1[C@@]1(C)O[C@@H]1CC=C(C)C.[Na+]. The van der Waals surface area contributed by atoms with Gasteiger partial charge in [-0.05, 0) is 40.0 Å². The average Bonchev–Trinajstić information content (AvgIpc) is 3.60. The van der Waals surface area contributed by atoms with E-state index < -0.39 is 5.97 Å². The van der Waals surface area contributed by atoms with E-state index in [1.54, 1.807) is 17.4 Å². The van der Waals surface area contributed by atoms with Crippen LogP contribution in [0.25, 0.3) is 0 Å². The van der Waals surface area contributed by atoms with E-state index in [4.69, 9.17) is 18.9 Å². The van der Waals surface area contributed by atoms with Gasteiger partial charge in [-0.2, -0.15) is 0 Å². The number of amides is 1. The Labute approximate surface area is 231 Å². The molecular formula is C24H31N2NaO7S. The quantitative estimate of drug-likeness (QED) is 0.262. The van der Waals surface area contributed by atoms with E-state index in [-0.39, 0.29) is 82.0 Å². The first kappa shape index (κ1) is 27.0. The summed E-state index contributed by atoms with van der Waals surface area (Å²) in [6.07, 6.45) is 3.53. The number of hydrogen-bond acceptors (Lipinski definition) is 9. The number of nitrogens with zero attached hydrogens (tertiary/aromatic N) is 2. The Morgan fingerprint density at radius 1 is 1.37 bits per heavy atom. The smallest absolute Gasteiger partial charge is 0.542 e. The van der Waals surface area contributed by atoms with Crippen LogP contribution in [0.15, 0.2) is 17.0 Å². The Morgan fingerprint density at radius 3 is 2.66 bits per heavy atom. The molecule has 4 fully saturated rings. The second kappa shape index (κ2) is 10.0. The van der Waals surface area contributed by atoms with Crippen LogP contribution >= 0.6 is 11.3 Å². The van der Waals surface area contributed by atoms with Gasteiger partial charge >= 0.3 is 35.7 Å². The number of aromatic nitrogens is 1. The number of carbonyl (C=O) groups excluding carboxylic acids is 2. The fourth-order valence-corrected chi connectivity index (χ4v) is 6.39. The van der Waals surface area contributed by atoms with Crippen LogP contribution in [0.2, 0.25) is 0 Å². The Bertz CT molecular complexity index is 1000. The molecule has 3 saturated heterocycles. The molecule has 6 atom stereocenters. The summed E-state index contributed by atoms with van der Waals surface area (Å²) >= 11 is 1.04. The first-order chi connectivity index (χ1) is 16.2. The van der Waals surface area contributed by atoms with Crippen molar-refractivity contribution in [3.63, 3.8) is 0 Å². The normalized spacial score (nSPS) is 35.6. The average molecular weight is 515 g/mol. The summed E-state index contributed by atoms with van der Waals surface area (Å²) in [5, 5.41) is 12.6. The number of allylic oxidation sites excluding steroid dienone is 1. The molecule has 1 amide bonds. The standard InChI is InChI=1S/C24H32N2O7S.Na/c1-13(2)5-6-17-23(3,33-17)19-18(30-4)16(7-8-24(19)12-31-24)32-22(29)26-9-14(10-26)15-11-34-20(25-15)21(27)28;/h5,11,14,16-19H,6-10,12H2,1-4H3,(H,27,28);/q;+1/p-1/t16-,17-,18-,19-,23+,24+;/m1./s1. The number of carboxylic acids is 1. The van der Waals surface area contributed by atoms with Crippen molar-refractivity contribution in [2.24, 2.45) is 5.92 Å². The number of carbonyl (C=O) groups is 2. The van der Waals surface area contributed by atoms with Crippen molar-refractivity contribution in [3.8, 4) is 0 Å². The van der Waals surface area contributed by atoms with Gasteiger partial charge in [-0.3, -0.25) is 0 Å². The molecule has 0 N–H and O–H groups in total. The maximum atomic E-state index is 12.9. The minimum Gasteiger partial charge on any atom is -0.542 e. The van der Waals surface area contributed by atoms with Gasteiger partial charge in [0.25, 0.3) is 0 Å². The fourth-order valence-electron chi connectivity index (χ4n) is 5.66. The van der Waals surface area contributed by atoms with E-state index in [0.29, 0.717) is 31.8 Å². The third-order valence-corrected chi connectivity index (χ3v) is 8.58. The Balaban J connectivity index is 0.00000289. The number of thiazole rings is 1. The number of rotatable bonds is 7. The van der Waals surface area contributed by atoms with Crippen molar-refractivity contribution in [2.45, 2.75) is 75.5 Å². The zero-order valence-corrected chi connectivity index (χ0v) is 23.8. The molecule has 4 heterocycles. The van der Waals surface area contributed by atoms with E-state index in [1.807, 2.05) is 0 Å². The predicted octanol–water partition coefficient (Wildman–Crippen LogP) is -0.877. The molecule has 0 bridgehead atoms. The van der Waals surface area contributed by atoms with Crippen LogP contribution in [-0.4, -0.2) is 78.3 Å². The van der Waals surface area contributed by atoms with Gasteiger partial charge in [-0.1, -0.05) is 11.6 Å². The summed E-state index contributed by atoms with van der Waals surface area (Å²) in [6.45, 7) is 7.85. The van der Waals surface area contributed by atoms with Crippen molar-refractivity contribution >= 4 is 23.4 Å². The summed E-state index contributed by atoms with van der Waals surface area (Å²) in [5.74, 6) is -1.29. The van der Waals surface area contributed by atoms with E-state index >= 15 is 0 Å². The van der Waals surface area contributed by atoms with Crippen molar-refractivity contribution in [2.75, 3.05) is 26.8 Å². The van der Waals surface area contributed by atoms with Gasteiger partial charge < -0.3 is 33.7 Å². The van der Waals surface area contributed by atoms with Crippen LogP contribution in [0, 0.1) is 5.92 Å². The summed E-state index contributed by atoms with van der Waals surface area (Å²) in [7, 11) is 1.66. The first-order valence-electron chi connectivity index (χ1n) is 11.8. The summed E-state index contributed by atoms with van der Waals surface area (Å²) in [5.41, 5.74) is 1.30. The number of hydrogen-bond donors (Lipinski definition) is 0. The second-order valence-corrected chi connectivity index (χ2v) is 11.1. The third kappa shape index (κ3) is 5.08. The number of aromatic carboxylic acids is 1. The molecule has 5 rings (SSSR count). The van der Waals surface area contributed by atoms with Crippen LogP contribution < -0.4 is 34.7 Å². The largest absolute Gasteiger partial charge is 1.00 e.